The maximum atomic E-state index is 5.60. The molecule has 2 atom stereocenters. The largest absolute Gasteiger partial charge is 0.473 e. The van der Waals surface area contributed by atoms with Crippen LogP contribution in [0, 0.1) is 0 Å². The zero-order valence-electron chi connectivity index (χ0n) is 6.63. The molecule has 0 amide bonds. The van der Waals surface area contributed by atoms with Crippen LogP contribution in [-0.2, 0) is 4.74 Å². The molecule has 0 spiro atoms. The lowest BCUT2D eigenvalue weighted by Gasteiger charge is -1.93. The van der Waals surface area contributed by atoms with Crippen molar-refractivity contribution >= 4 is 23.2 Å². The van der Waals surface area contributed by atoms with E-state index in [0.717, 1.165) is 0 Å². The molecule has 0 aliphatic rings. The van der Waals surface area contributed by atoms with E-state index < -0.39 is 0 Å². The van der Waals surface area contributed by atoms with Crippen molar-refractivity contribution in [3.05, 3.63) is 24.7 Å². The van der Waals surface area contributed by atoms with Gasteiger partial charge in [0.25, 0.3) is 0 Å². The van der Waals surface area contributed by atoms with Gasteiger partial charge in [-0.2, -0.15) is 0 Å². The highest BCUT2D eigenvalue weighted by Gasteiger charge is 1.85. The van der Waals surface area contributed by atoms with Crippen molar-refractivity contribution < 1.29 is 4.74 Å². The van der Waals surface area contributed by atoms with Gasteiger partial charge in [-0.05, 0) is 26.0 Å². The summed E-state index contributed by atoms with van der Waals surface area (Å²) in [5.41, 5.74) is 0. The van der Waals surface area contributed by atoms with Crippen molar-refractivity contribution in [2.75, 3.05) is 0 Å². The molecule has 64 valence electrons. The Balaban J connectivity index is 3.41. The first-order chi connectivity index (χ1) is 5.13. The fourth-order valence-electron chi connectivity index (χ4n) is 0.353. The molecule has 0 fully saturated rings. The van der Waals surface area contributed by atoms with Crippen LogP contribution in [0.3, 0.4) is 0 Å². The molecule has 0 heterocycles. The van der Waals surface area contributed by atoms with Crippen LogP contribution in [0.15, 0.2) is 24.7 Å². The van der Waals surface area contributed by atoms with Gasteiger partial charge in [0.15, 0.2) is 0 Å². The molecule has 2 unspecified atom stereocenters. The fraction of sp³-hybridized carbons (Fsp3) is 0.500. The Labute approximate surface area is 77.6 Å². The molecular weight excluding hydrogens is 183 g/mol. The smallest absolute Gasteiger partial charge is 0.0875 e. The van der Waals surface area contributed by atoms with E-state index in [9.17, 15) is 0 Å². The number of hydrogen-bond donors (Lipinski definition) is 0. The summed E-state index contributed by atoms with van der Waals surface area (Å²) in [6, 6.07) is 0. The molecule has 0 bridgehead atoms. The molecular formula is C8H12Cl2O. The van der Waals surface area contributed by atoms with Crippen molar-refractivity contribution in [1.82, 2.24) is 0 Å². The molecule has 0 rings (SSSR count). The summed E-state index contributed by atoms with van der Waals surface area (Å²) in [6.45, 7) is 3.71. The van der Waals surface area contributed by atoms with Gasteiger partial charge >= 0.3 is 0 Å². The van der Waals surface area contributed by atoms with E-state index in [1.807, 2.05) is 13.8 Å². The number of alkyl halides is 2. The van der Waals surface area contributed by atoms with Gasteiger partial charge in [0, 0.05) is 0 Å². The van der Waals surface area contributed by atoms with E-state index in [1.165, 1.54) is 12.5 Å². The van der Waals surface area contributed by atoms with Crippen LogP contribution >= 0.6 is 23.2 Å². The number of hydrogen-bond acceptors (Lipinski definition) is 1. The van der Waals surface area contributed by atoms with Crippen LogP contribution in [0.4, 0.5) is 0 Å². The Morgan fingerprint density at radius 2 is 1.36 bits per heavy atom. The first-order valence-electron chi connectivity index (χ1n) is 3.40. The summed E-state index contributed by atoms with van der Waals surface area (Å²) in [6.07, 6.45) is 6.55. The van der Waals surface area contributed by atoms with Crippen LogP contribution in [0.1, 0.15) is 13.8 Å². The third-order valence-corrected chi connectivity index (χ3v) is 1.14. The molecule has 0 aromatic heterocycles. The monoisotopic (exact) mass is 194 g/mol. The van der Waals surface area contributed by atoms with E-state index in [-0.39, 0.29) is 10.8 Å². The van der Waals surface area contributed by atoms with Crippen LogP contribution in [-0.4, -0.2) is 10.8 Å². The van der Waals surface area contributed by atoms with Gasteiger partial charge in [0.05, 0.1) is 23.3 Å². The minimum Gasteiger partial charge on any atom is -0.473 e. The van der Waals surface area contributed by atoms with Crippen molar-refractivity contribution in [1.29, 1.82) is 0 Å². The molecule has 0 aromatic rings. The summed E-state index contributed by atoms with van der Waals surface area (Å²) in [5.74, 6) is 0. The highest BCUT2D eigenvalue weighted by molar-refractivity contribution is 6.21. The van der Waals surface area contributed by atoms with Gasteiger partial charge in [-0.15, -0.1) is 23.2 Å². The van der Waals surface area contributed by atoms with Crippen LogP contribution in [0.5, 0.6) is 0 Å². The lowest BCUT2D eigenvalue weighted by molar-refractivity contribution is 0.399. The fourth-order valence-corrected chi connectivity index (χ4v) is 0.471. The molecule has 0 aromatic carbocycles. The third-order valence-electron chi connectivity index (χ3n) is 0.845. The van der Waals surface area contributed by atoms with Gasteiger partial charge < -0.3 is 4.74 Å². The molecule has 3 heteroatoms. The highest BCUT2D eigenvalue weighted by Crippen LogP contribution is 1.97. The number of rotatable bonds is 4. The molecule has 0 N–H and O–H groups in total. The highest BCUT2D eigenvalue weighted by atomic mass is 35.5. The van der Waals surface area contributed by atoms with Crippen molar-refractivity contribution in [3.63, 3.8) is 0 Å². The third kappa shape index (κ3) is 9.86. The van der Waals surface area contributed by atoms with Gasteiger partial charge in [-0.25, -0.2) is 0 Å². The Morgan fingerprint density at radius 3 is 1.64 bits per heavy atom. The summed E-state index contributed by atoms with van der Waals surface area (Å²) in [5, 5.41) is -0.00588. The summed E-state index contributed by atoms with van der Waals surface area (Å²) in [7, 11) is 0. The van der Waals surface area contributed by atoms with E-state index in [2.05, 4.69) is 0 Å². The van der Waals surface area contributed by atoms with Gasteiger partial charge in [-0.1, -0.05) is 0 Å². The zero-order chi connectivity index (χ0) is 8.69. The Morgan fingerprint density at radius 1 is 1.00 bits per heavy atom. The molecule has 0 radical (unpaired) electrons. The molecule has 0 saturated carbocycles. The minimum atomic E-state index is -0.00294. The van der Waals surface area contributed by atoms with Gasteiger partial charge in [-0.3, -0.25) is 0 Å². The SMILES string of the molecule is CC(Cl)C=COC=CC(C)Cl. The summed E-state index contributed by atoms with van der Waals surface area (Å²) >= 11 is 11.2. The molecule has 0 aliphatic carbocycles. The number of ether oxygens (including phenoxy) is 1. The summed E-state index contributed by atoms with van der Waals surface area (Å²) < 4.78 is 4.93. The van der Waals surface area contributed by atoms with Crippen LogP contribution in [0.25, 0.3) is 0 Å². The molecule has 0 aliphatic heterocycles. The Kier molecular flexibility index (Phi) is 6.48. The average Bonchev–Trinajstić information content (AvgIpc) is 1.85. The van der Waals surface area contributed by atoms with Gasteiger partial charge in [0.1, 0.15) is 0 Å². The Bertz CT molecular complexity index is 123. The maximum Gasteiger partial charge on any atom is 0.0875 e. The van der Waals surface area contributed by atoms with E-state index in [4.69, 9.17) is 27.9 Å². The lowest BCUT2D eigenvalue weighted by atomic mass is 10.5. The second kappa shape index (κ2) is 6.56. The quantitative estimate of drug-likeness (QED) is 0.494. The van der Waals surface area contributed by atoms with E-state index in [1.54, 1.807) is 12.2 Å². The predicted molar refractivity (Wildman–Crippen MR) is 50.0 cm³/mol. The second-order valence-corrected chi connectivity index (χ2v) is 3.53. The van der Waals surface area contributed by atoms with Crippen molar-refractivity contribution in [3.8, 4) is 0 Å². The Hall–Kier alpha value is -0.140. The standard InChI is InChI=1S/C8H12Cl2O/c1-7(9)3-5-11-6-4-8(2)10/h3-8H,1-2H3. The van der Waals surface area contributed by atoms with Gasteiger partial charge in [0.2, 0.25) is 0 Å². The van der Waals surface area contributed by atoms with Crippen molar-refractivity contribution in [2.45, 2.75) is 24.6 Å². The van der Waals surface area contributed by atoms with E-state index in [0.29, 0.717) is 0 Å². The first-order valence-corrected chi connectivity index (χ1v) is 4.27. The van der Waals surface area contributed by atoms with Crippen LogP contribution < -0.4 is 0 Å². The predicted octanol–water partition coefficient (Wildman–Crippen LogP) is 3.29. The second-order valence-electron chi connectivity index (χ2n) is 2.15. The normalized spacial score (nSPS) is 17.5. The number of halogens is 2. The first kappa shape index (κ1) is 10.9. The van der Waals surface area contributed by atoms with Crippen LogP contribution in [0.2, 0.25) is 0 Å². The molecule has 0 saturated heterocycles. The lowest BCUT2D eigenvalue weighted by Crippen LogP contribution is -1.83. The molecule has 1 nitrogen and oxygen atoms in total. The van der Waals surface area contributed by atoms with Crippen molar-refractivity contribution in [2.24, 2.45) is 0 Å². The summed E-state index contributed by atoms with van der Waals surface area (Å²) in [4.78, 5) is 0. The zero-order valence-corrected chi connectivity index (χ0v) is 8.14. The minimum absolute atomic E-state index is 0.00294. The maximum absolute atomic E-state index is 5.60. The molecule has 11 heavy (non-hydrogen) atoms. The topological polar surface area (TPSA) is 9.23 Å². The average molecular weight is 195 g/mol. The van der Waals surface area contributed by atoms with E-state index >= 15 is 0 Å². The number of allylic oxidation sites excluding steroid dienone is 2.